The molecule has 1 heterocycles. The summed E-state index contributed by atoms with van der Waals surface area (Å²) in [6, 6.07) is 0.722. The minimum absolute atomic E-state index is 0. The van der Waals surface area contributed by atoms with Crippen molar-refractivity contribution in [3.8, 4) is 0 Å². The zero-order valence-electron chi connectivity index (χ0n) is 5.78. The first-order valence-electron chi connectivity index (χ1n) is 2.96. The van der Waals surface area contributed by atoms with Crippen molar-refractivity contribution in [3.63, 3.8) is 0 Å². The van der Waals surface area contributed by atoms with E-state index in [-0.39, 0.29) is 51.4 Å². The SMILES string of the molecule is C[CH-]C1CCCN1.[K+]. The van der Waals surface area contributed by atoms with Crippen LogP contribution in [0.1, 0.15) is 19.8 Å². The fourth-order valence-corrected chi connectivity index (χ4v) is 0.996. The van der Waals surface area contributed by atoms with Crippen LogP contribution in [0.25, 0.3) is 0 Å². The minimum Gasteiger partial charge on any atom is -0.343 e. The van der Waals surface area contributed by atoms with Gasteiger partial charge in [0.15, 0.2) is 0 Å². The smallest absolute Gasteiger partial charge is 0.343 e. The summed E-state index contributed by atoms with van der Waals surface area (Å²) in [5.41, 5.74) is 0. The van der Waals surface area contributed by atoms with Gasteiger partial charge in [0.1, 0.15) is 0 Å². The monoisotopic (exact) mass is 137 g/mol. The molecule has 0 aliphatic carbocycles. The van der Waals surface area contributed by atoms with Gasteiger partial charge in [0.2, 0.25) is 0 Å². The van der Waals surface area contributed by atoms with Crippen molar-refractivity contribution in [1.82, 2.24) is 5.32 Å². The van der Waals surface area contributed by atoms with Crippen molar-refractivity contribution < 1.29 is 51.4 Å². The van der Waals surface area contributed by atoms with Crippen molar-refractivity contribution >= 4 is 0 Å². The average Bonchev–Trinajstić information content (AvgIpc) is 2.14. The molecule has 1 aliphatic rings. The van der Waals surface area contributed by atoms with Crippen LogP contribution in [0.5, 0.6) is 0 Å². The Hall–Kier alpha value is 1.60. The first kappa shape index (κ1) is 9.60. The van der Waals surface area contributed by atoms with Crippen LogP contribution in [0.15, 0.2) is 0 Å². The van der Waals surface area contributed by atoms with E-state index in [1.165, 1.54) is 19.4 Å². The quantitative estimate of drug-likeness (QED) is 0.324. The van der Waals surface area contributed by atoms with E-state index >= 15 is 0 Å². The van der Waals surface area contributed by atoms with E-state index < -0.39 is 0 Å². The maximum atomic E-state index is 3.35. The first-order valence-corrected chi connectivity index (χ1v) is 2.96. The van der Waals surface area contributed by atoms with Crippen molar-refractivity contribution in [2.75, 3.05) is 6.54 Å². The van der Waals surface area contributed by atoms with Gasteiger partial charge in [-0.15, -0.1) is 6.04 Å². The molecule has 1 saturated heterocycles. The number of hydrogen-bond acceptors (Lipinski definition) is 1. The van der Waals surface area contributed by atoms with Crippen LogP contribution in [0, 0.1) is 6.42 Å². The molecule has 1 aliphatic heterocycles. The van der Waals surface area contributed by atoms with Crippen LogP contribution in [-0.2, 0) is 0 Å². The van der Waals surface area contributed by atoms with Crippen LogP contribution in [-0.4, -0.2) is 12.6 Å². The van der Waals surface area contributed by atoms with Crippen LogP contribution in [0.2, 0.25) is 0 Å². The maximum Gasteiger partial charge on any atom is 1.00 e. The van der Waals surface area contributed by atoms with E-state index in [0.717, 1.165) is 6.04 Å². The van der Waals surface area contributed by atoms with E-state index in [2.05, 4.69) is 18.7 Å². The summed E-state index contributed by atoms with van der Waals surface area (Å²) in [6.45, 7) is 3.33. The molecule has 42 valence electrons. The molecule has 8 heavy (non-hydrogen) atoms. The predicted octanol–water partition coefficient (Wildman–Crippen LogP) is -2.03. The van der Waals surface area contributed by atoms with E-state index in [9.17, 15) is 0 Å². The molecule has 1 fully saturated rings. The summed E-state index contributed by atoms with van der Waals surface area (Å²) in [5, 5.41) is 3.35. The van der Waals surface area contributed by atoms with Crippen LogP contribution < -0.4 is 56.7 Å². The topological polar surface area (TPSA) is 12.0 Å². The third-order valence-electron chi connectivity index (χ3n) is 1.50. The molecule has 1 rings (SSSR count). The van der Waals surface area contributed by atoms with E-state index in [0.29, 0.717) is 0 Å². The van der Waals surface area contributed by atoms with E-state index in [1.54, 1.807) is 0 Å². The second kappa shape index (κ2) is 5.39. The fraction of sp³-hybridized carbons (Fsp3) is 0.833. The summed E-state index contributed by atoms with van der Waals surface area (Å²) >= 11 is 0. The molecule has 0 aromatic rings. The molecule has 0 spiro atoms. The maximum absolute atomic E-state index is 3.35. The molecule has 1 atom stereocenters. The molecular formula is C6H12KN. The predicted molar refractivity (Wildman–Crippen MR) is 31.0 cm³/mol. The largest absolute Gasteiger partial charge is 1.00 e. The fourth-order valence-electron chi connectivity index (χ4n) is 0.996. The normalized spacial score (nSPS) is 27.4. The van der Waals surface area contributed by atoms with Gasteiger partial charge in [-0.3, -0.25) is 0 Å². The summed E-state index contributed by atoms with van der Waals surface area (Å²) in [4.78, 5) is 0. The Morgan fingerprint density at radius 1 is 1.62 bits per heavy atom. The number of rotatable bonds is 1. The molecule has 0 aromatic heterocycles. The standard InChI is InChI=1S/C6H12N.K/c1-2-6-4-3-5-7-6;/h2,6-7H,3-5H2,1H3;/q-1;+1. The van der Waals surface area contributed by atoms with Gasteiger partial charge in [-0.25, -0.2) is 0 Å². The van der Waals surface area contributed by atoms with Crippen LogP contribution in [0.3, 0.4) is 0 Å². The van der Waals surface area contributed by atoms with Gasteiger partial charge in [0.25, 0.3) is 0 Å². The Morgan fingerprint density at radius 2 is 2.38 bits per heavy atom. The van der Waals surface area contributed by atoms with Crippen molar-refractivity contribution in [2.24, 2.45) is 0 Å². The molecule has 0 radical (unpaired) electrons. The van der Waals surface area contributed by atoms with Gasteiger partial charge >= 0.3 is 51.4 Å². The van der Waals surface area contributed by atoms with Gasteiger partial charge < -0.3 is 11.7 Å². The molecular weight excluding hydrogens is 125 g/mol. The van der Waals surface area contributed by atoms with Crippen molar-refractivity contribution in [2.45, 2.75) is 25.8 Å². The summed E-state index contributed by atoms with van der Waals surface area (Å²) in [6.07, 6.45) is 4.93. The van der Waals surface area contributed by atoms with Crippen LogP contribution in [0.4, 0.5) is 0 Å². The van der Waals surface area contributed by atoms with Gasteiger partial charge in [-0.2, -0.15) is 6.92 Å². The zero-order chi connectivity index (χ0) is 5.11. The second-order valence-corrected chi connectivity index (χ2v) is 2.04. The Labute approximate surface area is 94.0 Å². The van der Waals surface area contributed by atoms with Crippen LogP contribution >= 0.6 is 0 Å². The third-order valence-corrected chi connectivity index (χ3v) is 1.50. The Kier molecular flexibility index (Phi) is 6.46. The molecule has 1 N–H and O–H groups in total. The molecule has 1 unspecified atom stereocenters. The van der Waals surface area contributed by atoms with Gasteiger partial charge in [0, 0.05) is 0 Å². The van der Waals surface area contributed by atoms with E-state index in [1.807, 2.05) is 0 Å². The summed E-state index contributed by atoms with van der Waals surface area (Å²) in [7, 11) is 0. The molecule has 0 amide bonds. The molecule has 0 aromatic carbocycles. The molecule has 1 nitrogen and oxygen atoms in total. The third kappa shape index (κ3) is 2.94. The second-order valence-electron chi connectivity index (χ2n) is 2.04. The van der Waals surface area contributed by atoms with Gasteiger partial charge in [-0.1, -0.05) is 6.42 Å². The zero-order valence-corrected chi connectivity index (χ0v) is 8.90. The number of hydrogen-bond donors (Lipinski definition) is 1. The molecule has 2 heteroatoms. The first-order chi connectivity index (χ1) is 3.43. The Bertz CT molecular complexity index is 50.5. The van der Waals surface area contributed by atoms with E-state index in [4.69, 9.17) is 0 Å². The molecule has 0 bridgehead atoms. The molecule has 0 saturated carbocycles. The van der Waals surface area contributed by atoms with Crippen molar-refractivity contribution in [3.05, 3.63) is 6.42 Å². The minimum atomic E-state index is 0. The van der Waals surface area contributed by atoms with Gasteiger partial charge in [-0.05, 0) is 13.0 Å². The Balaban J connectivity index is 0.000000490. The summed E-state index contributed by atoms with van der Waals surface area (Å²) in [5.74, 6) is 0. The Morgan fingerprint density at radius 3 is 2.62 bits per heavy atom. The average molecular weight is 137 g/mol. The van der Waals surface area contributed by atoms with Crippen molar-refractivity contribution in [1.29, 1.82) is 0 Å². The number of nitrogens with one attached hydrogen (secondary N) is 1. The van der Waals surface area contributed by atoms with Gasteiger partial charge in [0.05, 0.1) is 0 Å². The summed E-state index contributed by atoms with van der Waals surface area (Å²) < 4.78 is 0.